The van der Waals surface area contributed by atoms with Gasteiger partial charge in [0, 0.05) is 8.22 Å². The van der Waals surface area contributed by atoms with Crippen molar-refractivity contribution < 1.29 is 8.22 Å². The summed E-state index contributed by atoms with van der Waals surface area (Å²) in [5.41, 5.74) is 8.37. The van der Waals surface area contributed by atoms with E-state index in [1.165, 1.54) is 60.1 Å². The summed E-state index contributed by atoms with van der Waals surface area (Å²) in [6.07, 6.45) is 32.3. The fourth-order valence-electron chi connectivity index (χ4n) is 6.16. The van der Waals surface area contributed by atoms with E-state index in [9.17, 15) is 0 Å². The maximum atomic E-state index is 7.95. The molecule has 0 N–H and O–H groups in total. The molecule has 0 aromatic rings. The van der Waals surface area contributed by atoms with Gasteiger partial charge >= 0.3 is 0 Å². The molecule has 0 heterocycles. The van der Waals surface area contributed by atoms with Gasteiger partial charge in [-0.2, -0.15) is 0 Å². The van der Waals surface area contributed by atoms with E-state index in [4.69, 9.17) is 8.22 Å². The summed E-state index contributed by atoms with van der Waals surface area (Å²) in [4.78, 5) is 0. The second kappa shape index (κ2) is 30.3. The molecular formula is C60H62. The second-order valence-corrected chi connectivity index (χ2v) is 15.2. The molecule has 2 rings (SSSR count). The first kappa shape index (κ1) is 41.3. The number of allylic oxidation sites excluding steroid dienone is 22. The van der Waals surface area contributed by atoms with Crippen LogP contribution in [0.5, 0.6) is 0 Å². The zero-order valence-corrected chi connectivity index (χ0v) is 37.3. The van der Waals surface area contributed by atoms with Crippen LogP contribution in [0.4, 0.5) is 0 Å². The molecule has 0 aromatic carbocycles. The molecule has 0 radical (unpaired) electrons. The molecule has 0 amide bonds. The highest BCUT2D eigenvalue weighted by molar-refractivity contribution is 5.47. The topological polar surface area (TPSA) is 0 Å². The second-order valence-electron chi connectivity index (χ2n) is 15.2. The predicted molar refractivity (Wildman–Crippen MR) is 263 cm³/mol. The van der Waals surface area contributed by atoms with Gasteiger partial charge < -0.3 is 0 Å². The Kier molecular flexibility index (Phi) is 20.9. The van der Waals surface area contributed by atoms with Gasteiger partial charge in [-0.15, -0.1) is 0 Å². The monoisotopic (exact) mass is 789 g/mol. The van der Waals surface area contributed by atoms with E-state index >= 15 is 0 Å². The normalized spacial score (nSPS) is 17.8. The SMILES string of the molecule is CC#CC#CC#CC#CC#CC#CC#CC#CC#CC.[2H]C([2H])([2H])C(/C=C/C=C(C)/C=C/C1=C(C)CCCC1(C)C)=C\C=C\C=C(\C=C\C=C(C)\C=C\C1=C(C)CCCC1(C)C)C([2H])([2H])[2H]. The third-order valence-electron chi connectivity index (χ3n) is 9.23. The zero-order valence-electron chi connectivity index (χ0n) is 43.3. The van der Waals surface area contributed by atoms with Crippen molar-refractivity contribution in [1.82, 2.24) is 0 Å². The summed E-state index contributed by atoms with van der Waals surface area (Å²) in [6, 6.07) is 0. The summed E-state index contributed by atoms with van der Waals surface area (Å²) >= 11 is 0. The van der Waals surface area contributed by atoms with Crippen molar-refractivity contribution in [1.29, 1.82) is 0 Å². The van der Waals surface area contributed by atoms with Crippen molar-refractivity contribution >= 4 is 0 Å². The maximum absolute atomic E-state index is 7.95. The molecule has 0 spiro atoms. The molecule has 0 saturated heterocycles. The first-order valence-corrected chi connectivity index (χ1v) is 20.1. The van der Waals surface area contributed by atoms with Gasteiger partial charge in [0.15, 0.2) is 0 Å². The molecule has 0 bridgehead atoms. The van der Waals surface area contributed by atoms with Crippen LogP contribution in [-0.4, -0.2) is 0 Å². The summed E-state index contributed by atoms with van der Waals surface area (Å²) in [5, 5.41) is 0. The van der Waals surface area contributed by atoms with Crippen LogP contribution in [0.25, 0.3) is 0 Å². The molecule has 0 unspecified atom stereocenters. The van der Waals surface area contributed by atoms with E-state index in [0.717, 1.165) is 24.0 Å². The van der Waals surface area contributed by atoms with Gasteiger partial charge in [-0.3, -0.25) is 0 Å². The predicted octanol–water partition coefficient (Wildman–Crippen LogP) is 13.7. The van der Waals surface area contributed by atoms with E-state index in [-0.39, 0.29) is 22.0 Å². The highest BCUT2D eigenvalue weighted by Gasteiger charge is 2.27. The van der Waals surface area contributed by atoms with Crippen molar-refractivity contribution in [3.8, 4) is 107 Å². The molecule has 0 nitrogen and oxygen atoms in total. The Balaban J connectivity index is 0.000000912. The van der Waals surface area contributed by atoms with E-state index in [0.29, 0.717) is 0 Å². The van der Waals surface area contributed by atoms with Gasteiger partial charge in [-0.25, -0.2) is 0 Å². The van der Waals surface area contributed by atoms with Crippen LogP contribution in [0, 0.1) is 117 Å². The fraction of sp³-hybridized carbons (Fsp3) is 0.333. The highest BCUT2D eigenvalue weighted by atomic mass is 14.3. The molecule has 0 fully saturated rings. The van der Waals surface area contributed by atoms with Gasteiger partial charge in [-0.05, 0) is 210 Å². The minimum Gasteiger partial charge on any atom is -0.0925 e. The Labute approximate surface area is 375 Å². The lowest BCUT2D eigenvalue weighted by atomic mass is 9.72. The summed E-state index contributed by atoms with van der Waals surface area (Å²) in [5.74, 6) is 45.6. The van der Waals surface area contributed by atoms with Crippen molar-refractivity contribution in [2.45, 2.75) is 121 Å². The Bertz CT molecular complexity index is 2500. The number of hydrogen-bond acceptors (Lipinski definition) is 0. The first-order chi connectivity index (χ1) is 31.2. The van der Waals surface area contributed by atoms with E-state index in [1.54, 1.807) is 50.3 Å². The number of hydrogen-bond donors (Lipinski definition) is 0. The third-order valence-corrected chi connectivity index (χ3v) is 9.23. The average molecular weight is 789 g/mol. The Morgan fingerprint density at radius 1 is 0.450 bits per heavy atom. The van der Waals surface area contributed by atoms with E-state index < -0.39 is 13.7 Å². The van der Waals surface area contributed by atoms with Crippen LogP contribution < -0.4 is 0 Å². The van der Waals surface area contributed by atoms with Crippen LogP contribution in [0.2, 0.25) is 0 Å². The smallest absolute Gasteiger partial charge is 0.0280 e. The standard InChI is InChI=1S/C40H56.C20H6/c1-31(19-13-21-33(3)25-27-37-35(5)23-15-29-39(37,7)8)17-11-12-18-32(2)20-14-22-34(4)26-28-38-36(6)24-16-30-40(38,9)10;1-3-5-7-9-11-13-15-17-19-20-18-16-14-12-10-8-6-4-2/h11-14,17-22,25-28H,15-16,23-24,29-30H2,1-10H3;1-2H3/b12-11+,19-13+,20-14+,27-25+,28-26+,31-17+,32-18+,33-21+,34-22+;/i1D3,2D3;. The molecule has 0 aromatic heterocycles. The van der Waals surface area contributed by atoms with Crippen LogP contribution in [0.1, 0.15) is 130 Å². The molecule has 0 aliphatic heterocycles. The van der Waals surface area contributed by atoms with E-state index in [2.05, 4.69) is 172 Å². The Morgan fingerprint density at radius 3 is 1.03 bits per heavy atom. The minimum atomic E-state index is -2.31. The Hall–Kier alpha value is -6.82. The van der Waals surface area contributed by atoms with Crippen LogP contribution >= 0.6 is 0 Å². The van der Waals surface area contributed by atoms with Gasteiger partial charge in [0.25, 0.3) is 0 Å². The molecule has 0 heteroatoms. The lowest BCUT2D eigenvalue weighted by Crippen LogP contribution is -2.19. The quantitative estimate of drug-likeness (QED) is 0.153. The maximum Gasteiger partial charge on any atom is 0.0280 e. The van der Waals surface area contributed by atoms with Crippen molar-refractivity contribution in [3.05, 3.63) is 130 Å². The molecule has 60 heavy (non-hydrogen) atoms. The average Bonchev–Trinajstić information content (AvgIpc) is 3.22. The zero-order chi connectivity index (χ0) is 49.5. The van der Waals surface area contributed by atoms with Crippen molar-refractivity contribution in [3.63, 3.8) is 0 Å². The molecule has 0 saturated carbocycles. The lowest BCUT2D eigenvalue weighted by molar-refractivity contribution is 0.376. The summed E-state index contributed by atoms with van der Waals surface area (Å²) in [6.45, 7) is 16.4. The highest BCUT2D eigenvalue weighted by Crippen LogP contribution is 2.41. The van der Waals surface area contributed by atoms with Crippen LogP contribution in [-0.2, 0) is 0 Å². The van der Waals surface area contributed by atoms with Crippen LogP contribution in [0.15, 0.2) is 130 Å². The largest absolute Gasteiger partial charge is 0.0925 e. The Morgan fingerprint density at radius 2 is 0.750 bits per heavy atom. The van der Waals surface area contributed by atoms with Crippen molar-refractivity contribution in [2.24, 2.45) is 10.8 Å². The molecular weight excluding hydrogens is 721 g/mol. The third kappa shape index (κ3) is 24.1. The first-order valence-electron chi connectivity index (χ1n) is 23.1. The molecule has 2 aliphatic carbocycles. The summed E-state index contributed by atoms with van der Waals surface area (Å²) < 4.78 is 47.7. The molecule has 2 aliphatic rings. The van der Waals surface area contributed by atoms with Crippen LogP contribution in [0.3, 0.4) is 0 Å². The fourth-order valence-corrected chi connectivity index (χ4v) is 6.16. The van der Waals surface area contributed by atoms with Gasteiger partial charge in [-0.1, -0.05) is 158 Å². The minimum absolute atomic E-state index is 0.165. The van der Waals surface area contributed by atoms with Gasteiger partial charge in [0.2, 0.25) is 0 Å². The van der Waals surface area contributed by atoms with Gasteiger partial charge in [0.05, 0.1) is 0 Å². The van der Waals surface area contributed by atoms with Crippen molar-refractivity contribution in [2.75, 3.05) is 0 Å². The lowest BCUT2D eigenvalue weighted by Gasteiger charge is -2.33. The van der Waals surface area contributed by atoms with Gasteiger partial charge in [0.1, 0.15) is 0 Å². The summed E-state index contributed by atoms with van der Waals surface area (Å²) in [7, 11) is 0. The molecule has 302 valence electrons. The number of rotatable bonds is 10. The van der Waals surface area contributed by atoms with E-state index in [1.807, 2.05) is 26.0 Å². The molecule has 0 atom stereocenters.